The van der Waals surface area contributed by atoms with Gasteiger partial charge in [-0.15, -0.1) is 0 Å². The number of benzene rings is 5. The number of aliphatic hydroxyl groups is 6. The van der Waals surface area contributed by atoms with E-state index >= 15 is 0 Å². The van der Waals surface area contributed by atoms with E-state index < -0.39 is 218 Å². The molecule has 41 heteroatoms. The number of amides is 7. The van der Waals surface area contributed by atoms with Crippen LogP contribution in [0, 0.1) is 19.8 Å². The average molecular weight is 1850 g/mol. The third-order valence-electron chi connectivity index (χ3n) is 22.2. The van der Waals surface area contributed by atoms with Crippen molar-refractivity contribution in [1.82, 2.24) is 53.2 Å². The highest BCUT2D eigenvalue weighted by molar-refractivity contribution is 7.51. The van der Waals surface area contributed by atoms with Gasteiger partial charge in [0.05, 0.1) is 53.9 Å². The quantitative estimate of drug-likeness (QED) is 0.0196. The van der Waals surface area contributed by atoms with Crippen molar-refractivity contribution in [2.45, 2.75) is 249 Å². The molecule has 5 aliphatic heterocycles. The number of halogens is 2. The number of carboxylic acid groups (broad SMARTS) is 1. The number of aromatic hydroxyl groups is 3. The summed E-state index contributed by atoms with van der Waals surface area (Å²) in [5, 5.41) is 136. The Balaban J connectivity index is 0.000000283. The number of aliphatic carboxylic acids is 1. The summed E-state index contributed by atoms with van der Waals surface area (Å²) in [5.74, 6) is -8.90. The monoisotopic (exact) mass is 1840 g/mol. The molecule has 127 heavy (non-hydrogen) atoms. The van der Waals surface area contributed by atoms with Gasteiger partial charge in [0.1, 0.15) is 95.3 Å². The molecule has 5 aromatic rings. The average Bonchev–Trinajstić information content (AvgIpc) is 0.754. The maximum absolute atomic E-state index is 14.5. The van der Waals surface area contributed by atoms with Crippen LogP contribution >= 0.6 is 30.8 Å². The summed E-state index contributed by atoms with van der Waals surface area (Å²) >= 11 is 12.8. The van der Waals surface area contributed by atoms with E-state index in [-0.39, 0.29) is 56.1 Å². The minimum Gasteiger partial charge on any atom is -0.507 e. The van der Waals surface area contributed by atoms with Gasteiger partial charge in [-0.1, -0.05) is 113 Å². The van der Waals surface area contributed by atoms with Gasteiger partial charge in [-0.25, -0.2) is 4.79 Å². The lowest BCUT2D eigenvalue weighted by atomic mass is 9.85. The number of nitrogens with two attached hydrogens (primary N) is 1. The summed E-state index contributed by atoms with van der Waals surface area (Å²) in [7, 11) is -0.134. The summed E-state index contributed by atoms with van der Waals surface area (Å²) in [6, 6.07) is 5.88. The van der Waals surface area contributed by atoms with Crippen molar-refractivity contribution < 1.29 is 132 Å². The number of nitrogens with one attached hydrogen (secondary N) is 10. The highest BCUT2D eigenvalue weighted by atomic mass is 35.5. The standard InChI is InChI=1S/C39H39ClN5O14P.C26H52N2O8.C21H33ClN4O5/c1-15-8-20-11-28(16(15)2)59-27-7-5-19(10-24(27)40)34(49)33-38(53)44-32(39(54)55)22-12-26(48)23(13-41-14-60(56,57)58)35(50)29(22)21-9-18(4-6-25(21)47)30(36(51)45-33)43-37(52)31(20)42-17(3)46;1-5-6-7-8-9-10-11-12-13-27-14-15-28-26(3)16-20(34-18(2)24(26)32)36-23-22(31)21(30)19(17-29)35-25(23)33-4;1-11(2)8-15(24-4)20(29)26-18(21(30)25-12(3)9-17(23)27)19(28)13-6-7-16(31-5)14(22)10-13/h4-12,30-34,41,47-50H,13-14H2,1-3H3,(H,42,46)(H,43,52)(H,44,53)(H,45,51)(H,54,55)(H2,56,57,58);18-25,27-32H,5-17H2,1-4H3;6-7,10-12,15,18-19,24,28H,8-9H2,1-5H3,(H2,23,27)(H,25,30)(H,26,29)/t;18-,19+,20-,21+,22-,23+,24+,25+,26-;/m.0./s1. The predicted octanol–water partition coefficient (Wildman–Crippen LogP) is 4.49. The van der Waals surface area contributed by atoms with E-state index in [4.69, 9.17) is 57.4 Å². The van der Waals surface area contributed by atoms with Crippen LogP contribution in [0.15, 0.2) is 72.8 Å². The molecule has 8 bridgehead atoms. The molecule has 10 rings (SSSR count). The zero-order valence-electron chi connectivity index (χ0n) is 73.1. The molecule has 0 spiro atoms. The number of phenolic OH excluding ortho intramolecular Hbond substituents is 3. The van der Waals surface area contributed by atoms with Crippen LogP contribution in [0.1, 0.15) is 194 Å². The molecular weight excluding hydrogens is 1720 g/mol. The molecule has 38 nitrogen and oxygen atoms in total. The number of phenols is 3. The fraction of sp³-hybridized carbons (Fsp3) is 0.558. The van der Waals surface area contributed by atoms with Crippen molar-refractivity contribution in [2.24, 2.45) is 11.7 Å². The summed E-state index contributed by atoms with van der Waals surface area (Å²) in [6.45, 7) is 17.5. The molecule has 5 aliphatic rings. The Morgan fingerprint density at radius 1 is 0.756 bits per heavy atom. The second kappa shape index (κ2) is 48.6. The molecule has 704 valence electrons. The molecule has 0 radical (unpaired) electrons. The van der Waals surface area contributed by atoms with Gasteiger partial charge in [0.15, 0.2) is 18.6 Å². The highest BCUT2D eigenvalue weighted by Gasteiger charge is 2.51. The predicted molar refractivity (Wildman–Crippen MR) is 466 cm³/mol. The molecule has 24 N–H and O–H groups in total. The number of aryl methyl sites for hydroxylation is 1. The number of primary amides is 1. The Morgan fingerprint density at radius 3 is 2.04 bits per heavy atom. The van der Waals surface area contributed by atoms with E-state index in [2.05, 4.69) is 60.1 Å². The van der Waals surface area contributed by atoms with Crippen LogP contribution in [0.3, 0.4) is 0 Å². The number of rotatable bonds is 35. The van der Waals surface area contributed by atoms with Crippen LogP contribution in [0.25, 0.3) is 11.1 Å². The van der Waals surface area contributed by atoms with E-state index in [1.807, 2.05) is 20.8 Å². The fourth-order valence-electron chi connectivity index (χ4n) is 15.2. The second-order valence-corrected chi connectivity index (χ2v) is 35.1. The Morgan fingerprint density at radius 2 is 1.43 bits per heavy atom. The van der Waals surface area contributed by atoms with Crippen LogP contribution in [-0.2, 0) is 68.4 Å². The van der Waals surface area contributed by atoms with Crippen molar-refractivity contribution in [3.63, 3.8) is 0 Å². The topological polar surface area (TPSA) is 598 Å². The number of carboxylic acids is 1. The molecule has 2 saturated heterocycles. The third kappa shape index (κ3) is 29.0. The molecule has 0 saturated carbocycles. The van der Waals surface area contributed by atoms with Crippen molar-refractivity contribution in [3.05, 3.63) is 127 Å². The first-order chi connectivity index (χ1) is 59.9. The van der Waals surface area contributed by atoms with E-state index in [1.165, 1.54) is 102 Å². The number of hydrogen-bond acceptors (Lipinski definition) is 28. The van der Waals surface area contributed by atoms with Gasteiger partial charge >= 0.3 is 13.6 Å². The highest BCUT2D eigenvalue weighted by Crippen LogP contribution is 2.48. The number of hydrogen-bond donors (Lipinski definition) is 23. The lowest BCUT2D eigenvalue weighted by Gasteiger charge is -2.48. The van der Waals surface area contributed by atoms with E-state index in [1.54, 1.807) is 52.9 Å². The Bertz CT molecular complexity index is 4650. The zero-order valence-corrected chi connectivity index (χ0v) is 75.5. The van der Waals surface area contributed by atoms with Gasteiger partial charge < -0.3 is 148 Å². The van der Waals surface area contributed by atoms with Gasteiger partial charge in [-0.2, -0.15) is 0 Å². The Hall–Kier alpha value is -8.97. The number of aliphatic hydroxyl groups excluding tert-OH is 6. The first kappa shape index (κ1) is 105. The van der Waals surface area contributed by atoms with Crippen molar-refractivity contribution in [2.75, 3.05) is 53.8 Å². The SMILES string of the molecule is CC(=O)NC1C(=O)NC2C(=O)NC(C(=O)NC(C(=O)O)c3cc(O)c(CNCP(=O)(O)O)c(O)c3-c3cc2ccc3O)C(O)c2ccc(c(Cl)c2)Oc2cc1cc(C)c2C.CCCCCCCCCCNCCN[C@@]1(C)C[C@H](O[C@H]2[C@H](OC)O[C@H](CO)[C@@H](O)[C@@H]2O)O[C@@H](C)[C@H]1O.CNC(CC(C)C)C(=O)NC(C(=O)NC(C)CC(N)=O)C(O)c1ccc(OC)c(Cl)c1. The maximum atomic E-state index is 14.5. The van der Waals surface area contributed by atoms with Crippen molar-refractivity contribution in [3.8, 4) is 45.6 Å². The minimum absolute atomic E-state index is 0.0538. The molecule has 0 aromatic heterocycles. The molecule has 0 aliphatic carbocycles. The first-order valence-corrected chi connectivity index (χ1v) is 44.5. The Labute approximate surface area is 746 Å². The minimum atomic E-state index is -4.65. The molecule has 5 aromatic carbocycles. The number of likely N-dealkylation sites (N-methyl/N-ethyl adjacent to an activating group) is 1. The fourth-order valence-corrected chi connectivity index (χ4v) is 16.1. The Kier molecular flexibility index (Phi) is 40.2. The number of ether oxygens (including phenoxy) is 6. The number of unbranched alkanes of at least 4 members (excludes halogenated alkanes) is 7. The maximum Gasteiger partial charge on any atom is 0.339 e. The molecular formula is C86H124Cl2N11O27P. The summed E-state index contributed by atoms with van der Waals surface area (Å²) < 4.78 is 45.5. The molecule has 2 fully saturated rings. The van der Waals surface area contributed by atoms with Gasteiger partial charge in [0.2, 0.25) is 41.4 Å². The summed E-state index contributed by atoms with van der Waals surface area (Å²) in [5.41, 5.74) is 4.27. The second-order valence-electron chi connectivity index (χ2n) is 32.7. The molecule has 5 heterocycles. The number of carbonyl (C=O) groups excluding carboxylic acids is 7. The summed E-state index contributed by atoms with van der Waals surface area (Å²) in [4.78, 5) is 124. The first-order valence-electron chi connectivity index (χ1n) is 41.9. The number of methoxy groups -OCH3 is 2. The van der Waals surface area contributed by atoms with E-state index in [0.29, 0.717) is 41.8 Å². The lowest BCUT2D eigenvalue weighted by Crippen LogP contribution is -2.65. The van der Waals surface area contributed by atoms with Crippen molar-refractivity contribution >= 4 is 78.1 Å². The largest absolute Gasteiger partial charge is 0.507 e. The van der Waals surface area contributed by atoms with Gasteiger partial charge in [-0.3, -0.25) is 38.1 Å². The van der Waals surface area contributed by atoms with Gasteiger partial charge in [0.25, 0.3) is 0 Å². The number of carbonyl (C=O) groups is 8. The van der Waals surface area contributed by atoms with Crippen LogP contribution in [-0.4, -0.2) is 241 Å². The van der Waals surface area contributed by atoms with Crippen LogP contribution in [0.4, 0.5) is 0 Å². The number of fused-ring (bicyclic) bond motifs is 8. The third-order valence-corrected chi connectivity index (χ3v) is 23.4. The molecule has 7 amide bonds. The van der Waals surface area contributed by atoms with Gasteiger partial charge in [-0.05, 0) is 149 Å². The van der Waals surface area contributed by atoms with Crippen LogP contribution in [0.5, 0.6) is 34.5 Å². The van der Waals surface area contributed by atoms with Crippen LogP contribution < -0.4 is 68.4 Å². The van der Waals surface area contributed by atoms with Crippen LogP contribution in [0.2, 0.25) is 10.0 Å². The van der Waals surface area contributed by atoms with Gasteiger partial charge in [0, 0.05) is 74.8 Å². The normalized spacial score (nSPS) is 23.9. The molecule has 18 atom stereocenters. The molecule has 9 unspecified atom stereocenters. The lowest BCUT2D eigenvalue weighted by molar-refractivity contribution is -0.344. The smallest absolute Gasteiger partial charge is 0.339 e. The van der Waals surface area contributed by atoms with E-state index in [9.17, 15) is 104 Å². The summed E-state index contributed by atoms with van der Waals surface area (Å²) in [6.07, 6.45) is -0.723. The van der Waals surface area contributed by atoms with Crippen molar-refractivity contribution in [1.29, 1.82) is 0 Å². The van der Waals surface area contributed by atoms with E-state index in [0.717, 1.165) is 38.2 Å². The zero-order chi connectivity index (χ0) is 94.2.